The largest absolute Gasteiger partial charge is 0.492 e. The topological polar surface area (TPSA) is 27.7 Å². The third-order valence-electron chi connectivity index (χ3n) is 4.77. The minimum atomic E-state index is -0.144. The van der Waals surface area contributed by atoms with Crippen molar-refractivity contribution in [2.75, 3.05) is 19.8 Å². The molecule has 0 aliphatic rings. The molecule has 0 aromatic heterocycles. The number of ether oxygens (including phenoxy) is 3. The van der Waals surface area contributed by atoms with Gasteiger partial charge in [0.25, 0.3) is 0 Å². The van der Waals surface area contributed by atoms with Gasteiger partial charge in [0.05, 0.1) is 34.9 Å². The van der Waals surface area contributed by atoms with Crippen molar-refractivity contribution < 1.29 is 14.2 Å². The highest BCUT2D eigenvalue weighted by Crippen LogP contribution is 2.40. The molecule has 3 rings (SSSR count). The van der Waals surface area contributed by atoms with Crippen LogP contribution in [0.2, 0.25) is 15.1 Å². The molecule has 0 N–H and O–H groups in total. The molecule has 0 radical (unpaired) electrons. The maximum absolute atomic E-state index is 6.51. The van der Waals surface area contributed by atoms with Crippen LogP contribution in [0.5, 0.6) is 17.2 Å². The lowest BCUT2D eigenvalue weighted by Crippen LogP contribution is -2.05. The average Bonchev–Trinajstić information content (AvgIpc) is 2.74. The summed E-state index contributed by atoms with van der Waals surface area (Å²) in [6.07, 6.45) is 0. The van der Waals surface area contributed by atoms with Gasteiger partial charge in [-0.25, -0.2) is 0 Å². The number of hydrogen-bond donors (Lipinski definition) is 0. The van der Waals surface area contributed by atoms with Crippen molar-refractivity contribution >= 4 is 34.8 Å². The number of rotatable bonds is 9. The van der Waals surface area contributed by atoms with E-state index in [1.54, 1.807) is 0 Å². The highest BCUT2D eigenvalue weighted by atomic mass is 35.5. The second-order valence-corrected chi connectivity index (χ2v) is 8.02. The smallest absolute Gasteiger partial charge is 0.137 e. The summed E-state index contributed by atoms with van der Waals surface area (Å²) in [7, 11) is 0. The molecule has 0 bridgehead atoms. The van der Waals surface area contributed by atoms with Gasteiger partial charge in [-0.05, 0) is 73.9 Å². The zero-order valence-electron chi connectivity index (χ0n) is 17.8. The summed E-state index contributed by atoms with van der Waals surface area (Å²) >= 11 is 19.5. The van der Waals surface area contributed by atoms with Gasteiger partial charge in [0.15, 0.2) is 0 Å². The zero-order valence-corrected chi connectivity index (χ0v) is 20.0. The lowest BCUT2D eigenvalue weighted by Gasteiger charge is -2.21. The molecule has 0 saturated heterocycles. The van der Waals surface area contributed by atoms with Crippen molar-refractivity contribution in [1.82, 2.24) is 0 Å². The second kappa shape index (κ2) is 11.0. The van der Waals surface area contributed by atoms with Crippen LogP contribution < -0.4 is 14.2 Å². The lowest BCUT2D eigenvalue weighted by molar-refractivity contribution is 0.340. The summed E-state index contributed by atoms with van der Waals surface area (Å²) in [5.41, 5.74) is 2.98. The lowest BCUT2D eigenvalue weighted by atomic mass is 9.85. The van der Waals surface area contributed by atoms with Crippen LogP contribution in [0.4, 0.5) is 0 Å². The number of halogens is 3. The summed E-state index contributed by atoms with van der Waals surface area (Å²) in [5, 5.41) is 1.66. The van der Waals surface area contributed by atoms with Crippen LogP contribution in [-0.2, 0) is 0 Å². The molecule has 3 aromatic rings. The van der Waals surface area contributed by atoms with E-state index in [2.05, 4.69) is 0 Å². The first kappa shape index (κ1) is 23.6. The Hall–Kier alpha value is -2.07. The van der Waals surface area contributed by atoms with Crippen molar-refractivity contribution in [2.45, 2.75) is 26.7 Å². The Morgan fingerprint density at radius 3 is 1.06 bits per heavy atom. The van der Waals surface area contributed by atoms with Crippen LogP contribution >= 0.6 is 34.8 Å². The van der Waals surface area contributed by atoms with E-state index < -0.39 is 0 Å². The first-order chi connectivity index (χ1) is 15.0. The maximum atomic E-state index is 6.51. The first-order valence-corrected chi connectivity index (χ1v) is 11.4. The quantitative estimate of drug-likeness (QED) is 0.291. The molecule has 0 spiro atoms. The molecule has 31 heavy (non-hydrogen) atoms. The minimum absolute atomic E-state index is 0.144. The van der Waals surface area contributed by atoms with Crippen molar-refractivity contribution in [1.29, 1.82) is 0 Å². The van der Waals surface area contributed by atoms with E-state index in [1.165, 1.54) is 0 Å². The second-order valence-electron chi connectivity index (χ2n) is 6.80. The molecular formula is C25H25Cl3O3. The van der Waals surface area contributed by atoms with Gasteiger partial charge in [-0.2, -0.15) is 0 Å². The van der Waals surface area contributed by atoms with Crippen LogP contribution in [-0.4, -0.2) is 19.8 Å². The SMILES string of the molecule is CCOc1ccc(C(c2ccc(OCC)c(Cl)c2)c2ccc(OCC)c(Cl)c2)cc1Cl. The van der Waals surface area contributed by atoms with Crippen molar-refractivity contribution in [3.8, 4) is 17.2 Å². The van der Waals surface area contributed by atoms with E-state index in [0.717, 1.165) is 16.7 Å². The third kappa shape index (κ3) is 5.60. The summed E-state index contributed by atoms with van der Waals surface area (Å²) in [5.74, 6) is 1.82. The molecule has 0 fully saturated rings. The standard InChI is InChI=1S/C25H25Cl3O3/c1-4-29-22-10-7-16(13-19(22)26)25(17-8-11-23(30-5-2)20(27)14-17)18-9-12-24(31-6-3)21(28)15-18/h7-15,25H,4-6H2,1-3H3. The van der Waals surface area contributed by atoms with Crippen molar-refractivity contribution in [2.24, 2.45) is 0 Å². The molecule has 0 amide bonds. The Bertz CT molecular complexity index is 905. The number of benzene rings is 3. The Balaban J connectivity index is 2.11. The van der Waals surface area contributed by atoms with E-state index in [9.17, 15) is 0 Å². The van der Waals surface area contributed by atoms with Crippen molar-refractivity contribution in [3.05, 3.63) is 86.4 Å². The van der Waals surface area contributed by atoms with Gasteiger partial charge >= 0.3 is 0 Å². The molecular weight excluding hydrogens is 455 g/mol. The Morgan fingerprint density at radius 1 is 0.548 bits per heavy atom. The molecule has 0 unspecified atom stereocenters. The van der Waals surface area contributed by atoms with Gasteiger partial charge in [0.2, 0.25) is 0 Å². The molecule has 0 saturated carbocycles. The highest BCUT2D eigenvalue weighted by molar-refractivity contribution is 6.32. The van der Waals surface area contributed by atoms with Crippen LogP contribution in [0.25, 0.3) is 0 Å². The highest BCUT2D eigenvalue weighted by Gasteiger charge is 2.21. The molecule has 0 heterocycles. The predicted octanol–water partition coefficient (Wildman–Crippen LogP) is 8.02. The van der Waals surface area contributed by atoms with E-state index >= 15 is 0 Å². The molecule has 164 valence electrons. The number of hydrogen-bond acceptors (Lipinski definition) is 3. The van der Waals surface area contributed by atoms with E-state index in [4.69, 9.17) is 49.0 Å². The van der Waals surface area contributed by atoms with Crippen LogP contribution in [0.1, 0.15) is 43.4 Å². The fourth-order valence-electron chi connectivity index (χ4n) is 3.48. The maximum Gasteiger partial charge on any atom is 0.137 e. The van der Waals surface area contributed by atoms with E-state index in [-0.39, 0.29) is 5.92 Å². The van der Waals surface area contributed by atoms with E-state index in [1.807, 2.05) is 75.4 Å². The Morgan fingerprint density at radius 2 is 0.839 bits per heavy atom. The van der Waals surface area contributed by atoms with Crippen LogP contribution in [0.15, 0.2) is 54.6 Å². The molecule has 0 aliphatic heterocycles. The summed E-state index contributed by atoms with van der Waals surface area (Å²) in [6.45, 7) is 7.42. The van der Waals surface area contributed by atoms with Crippen molar-refractivity contribution in [3.63, 3.8) is 0 Å². The fourth-order valence-corrected chi connectivity index (χ4v) is 4.22. The minimum Gasteiger partial charge on any atom is -0.492 e. The average molecular weight is 480 g/mol. The Labute approximate surface area is 198 Å². The monoisotopic (exact) mass is 478 g/mol. The van der Waals surface area contributed by atoms with Gasteiger partial charge in [0, 0.05) is 5.92 Å². The molecule has 3 nitrogen and oxygen atoms in total. The van der Waals surface area contributed by atoms with Gasteiger partial charge in [-0.1, -0.05) is 53.0 Å². The van der Waals surface area contributed by atoms with Gasteiger partial charge in [-0.15, -0.1) is 0 Å². The fraction of sp³-hybridized carbons (Fsp3) is 0.280. The summed E-state index contributed by atoms with van der Waals surface area (Å²) in [6, 6.07) is 17.5. The Kier molecular flexibility index (Phi) is 8.36. The third-order valence-corrected chi connectivity index (χ3v) is 5.65. The molecule has 0 aliphatic carbocycles. The first-order valence-electron chi connectivity index (χ1n) is 10.2. The van der Waals surface area contributed by atoms with Gasteiger partial charge in [-0.3, -0.25) is 0 Å². The molecule has 0 atom stereocenters. The van der Waals surface area contributed by atoms with Crippen LogP contribution in [0, 0.1) is 0 Å². The normalized spacial score (nSPS) is 10.9. The summed E-state index contributed by atoms with van der Waals surface area (Å²) < 4.78 is 16.8. The predicted molar refractivity (Wildman–Crippen MR) is 129 cm³/mol. The van der Waals surface area contributed by atoms with Gasteiger partial charge < -0.3 is 14.2 Å². The molecule has 3 aromatic carbocycles. The van der Waals surface area contributed by atoms with Gasteiger partial charge in [0.1, 0.15) is 17.2 Å². The van der Waals surface area contributed by atoms with E-state index in [0.29, 0.717) is 52.1 Å². The summed E-state index contributed by atoms with van der Waals surface area (Å²) in [4.78, 5) is 0. The zero-order chi connectivity index (χ0) is 22.4. The van der Waals surface area contributed by atoms with Crippen LogP contribution in [0.3, 0.4) is 0 Å². The molecule has 6 heteroatoms.